The summed E-state index contributed by atoms with van der Waals surface area (Å²) in [6.07, 6.45) is 4.92. The first kappa shape index (κ1) is 15.3. The monoisotopic (exact) mass is 266 g/mol. The van der Waals surface area contributed by atoms with E-state index in [4.69, 9.17) is 5.11 Å². The first-order chi connectivity index (χ1) is 9.10. The van der Waals surface area contributed by atoms with Gasteiger partial charge in [-0.15, -0.1) is 0 Å². The van der Waals surface area contributed by atoms with Crippen LogP contribution in [0.15, 0.2) is 18.3 Å². The molecule has 1 atom stereocenters. The van der Waals surface area contributed by atoms with Crippen LogP contribution in [0.2, 0.25) is 0 Å². The summed E-state index contributed by atoms with van der Waals surface area (Å²) in [5.41, 5.74) is 0.518. The van der Waals surface area contributed by atoms with Crippen LogP contribution in [-0.2, 0) is 11.3 Å². The lowest BCUT2D eigenvalue weighted by Gasteiger charge is -2.15. The Labute approximate surface area is 113 Å². The molecule has 0 aliphatic heterocycles. The SMILES string of the molecule is CCCC[C@H](NC(=O)c1cccn1CCC)C(=O)O. The number of unbranched alkanes of at least 4 members (excludes halogenated alkanes) is 1. The van der Waals surface area contributed by atoms with Gasteiger partial charge in [0.2, 0.25) is 0 Å². The smallest absolute Gasteiger partial charge is 0.326 e. The molecule has 1 rings (SSSR count). The molecule has 0 aliphatic carbocycles. The van der Waals surface area contributed by atoms with Crippen molar-refractivity contribution in [1.29, 1.82) is 0 Å². The van der Waals surface area contributed by atoms with E-state index in [1.165, 1.54) is 0 Å². The van der Waals surface area contributed by atoms with Crippen LogP contribution in [0.25, 0.3) is 0 Å². The van der Waals surface area contributed by atoms with E-state index in [1.54, 1.807) is 12.1 Å². The minimum atomic E-state index is -0.976. The molecule has 19 heavy (non-hydrogen) atoms. The van der Waals surface area contributed by atoms with Gasteiger partial charge in [-0.2, -0.15) is 0 Å². The van der Waals surface area contributed by atoms with Crippen molar-refractivity contribution in [3.63, 3.8) is 0 Å². The molecule has 0 bridgehead atoms. The van der Waals surface area contributed by atoms with Crippen LogP contribution in [0.4, 0.5) is 0 Å². The maximum absolute atomic E-state index is 12.1. The Morgan fingerprint density at radius 3 is 2.68 bits per heavy atom. The summed E-state index contributed by atoms with van der Waals surface area (Å²) in [6.45, 7) is 4.78. The van der Waals surface area contributed by atoms with Crippen molar-refractivity contribution in [3.8, 4) is 0 Å². The molecule has 0 saturated heterocycles. The number of rotatable bonds is 8. The van der Waals surface area contributed by atoms with Crippen molar-refractivity contribution < 1.29 is 14.7 Å². The molecule has 5 heteroatoms. The highest BCUT2D eigenvalue weighted by Gasteiger charge is 2.21. The van der Waals surface area contributed by atoms with Gasteiger partial charge in [-0.25, -0.2) is 4.79 Å². The fraction of sp³-hybridized carbons (Fsp3) is 0.571. The van der Waals surface area contributed by atoms with E-state index in [0.29, 0.717) is 12.1 Å². The summed E-state index contributed by atoms with van der Waals surface area (Å²) >= 11 is 0. The van der Waals surface area contributed by atoms with Gasteiger partial charge < -0.3 is 15.0 Å². The number of carboxylic acids is 1. The number of hydrogen-bond acceptors (Lipinski definition) is 2. The molecule has 0 fully saturated rings. The van der Waals surface area contributed by atoms with Crippen LogP contribution in [0.1, 0.15) is 50.0 Å². The Morgan fingerprint density at radius 1 is 1.37 bits per heavy atom. The zero-order chi connectivity index (χ0) is 14.3. The number of aromatic nitrogens is 1. The Bertz CT molecular complexity index is 426. The Balaban J connectivity index is 2.70. The van der Waals surface area contributed by atoms with Crippen molar-refractivity contribution in [1.82, 2.24) is 9.88 Å². The summed E-state index contributed by atoms with van der Waals surface area (Å²) in [6, 6.07) is 2.70. The lowest BCUT2D eigenvalue weighted by Crippen LogP contribution is -2.41. The first-order valence-corrected chi connectivity index (χ1v) is 6.79. The zero-order valence-electron chi connectivity index (χ0n) is 11.6. The Hall–Kier alpha value is -1.78. The number of carbonyl (C=O) groups is 2. The normalized spacial score (nSPS) is 12.1. The molecular weight excluding hydrogens is 244 g/mol. The number of aryl methyl sites for hydroxylation is 1. The van der Waals surface area contributed by atoms with Crippen LogP contribution in [0.5, 0.6) is 0 Å². The number of carboxylic acid groups (broad SMARTS) is 1. The van der Waals surface area contributed by atoms with Crippen molar-refractivity contribution in [3.05, 3.63) is 24.0 Å². The molecule has 0 saturated carbocycles. The van der Waals surface area contributed by atoms with Gasteiger partial charge in [-0.05, 0) is 25.0 Å². The minimum absolute atomic E-state index is 0.318. The lowest BCUT2D eigenvalue weighted by molar-refractivity contribution is -0.139. The lowest BCUT2D eigenvalue weighted by atomic mass is 10.1. The average molecular weight is 266 g/mol. The van der Waals surface area contributed by atoms with E-state index in [9.17, 15) is 9.59 Å². The molecule has 0 unspecified atom stereocenters. The third-order valence-electron chi connectivity index (χ3n) is 2.98. The molecule has 0 aromatic carbocycles. The summed E-state index contributed by atoms with van der Waals surface area (Å²) in [7, 11) is 0. The van der Waals surface area contributed by atoms with Crippen LogP contribution >= 0.6 is 0 Å². The molecule has 0 radical (unpaired) electrons. The van der Waals surface area contributed by atoms with Gasteiger partial charge in [0.05, 0.1) is 0 Å². The number of amides is 1. The molecule has 1 amide bonds. The molecule has 0 spiro atoms. The van der Waals surface area contributed by atoms with Gasteiger partial charge in [0, 0.05) is 12.7 Å². The Kier molecular flexibility index (Phi) is 6.12. The fourth-order valence-corrected chi connectivity index (χ4v) is 1.95. The van der Waals surface area contributed by atoms with Crippen LogP contribution in [0, 0.1) is 0 Å². The van der Waals surface area contributed by atoms with Gasteiger partial charge in [0.25, 0.3) is 5.91 Å². The van der Waals surface area contributed by atoms with Gasteiger partial charge in [0.1, 0.15) is 11.7 Å². The second kappa shape index (κ2) is 7.61. The van der Waals surface area contributed by atoms with E-state index >= 15 is 0 Å². The minimum Gasteiger partial charge on any atom is -0.480 e. The molecule has 5 nitrogen and oxygen atoms in total. The predicted octanol–water partition coefficient (Wildman–Crippen LogP) is 2.27. The molecule has 2 N–H and O–H groups in total. The molecule has 106 valence electrons. The number of hydrogen-bond donors (Lipinski definition) is 2. The zero-order valence-corrected chi connectivity index (χ0v) is 11.6. The number of nitrogens with zero attached hydrogens (tertiary/aromatic N) is 1. The van der Waals surface area contributed by atoms with E-state index < -0.39 is 12.0 Å². The topological polar surface area (TPSA) is 71.3 Å². The highest BCUT2D eigenvalue weighted by molar-refractivity contribution is 5.95. The van der Waals surface area contributed by atoms with E-state index in [2.05, 4.69) is 5.32 Å². The third kappa shape index (κ3) is 4.43. The standard InChI is InChI=1S/C14H22N2O3/c1-3-5-7-11(14(18)19)15-13(17)12-8-6-10-16(12)9-4-2/h6,8,10-11H,3-5,7,9H2,1-2H3,(H,15,17)(H,18,19)/t11-/m0/s1. The molecule has 1 aromatic heterocycles. The van der Waals surface area contributed by atoms with Crippen LogP contribution in [0.3, 0.4) is 0 Å². The highest BCUT2D eigenvalue weighted by atomic mass is 16.4. The van der Waals surface area contributed by atoms with Gasteiger partial charge in [-0.3, -0.25) is 4.79 Å². The van der Waals surface area contributed by atoms with Gasteiger partial charge in [0.15, 0.2) is 0 Å². The number of aliphatic carboxylic acids is 1. The Morgan fingerprint density at radius 2 is 2.11 bits per heavy atom. The fourth-order valence-electron chi connectivity index (χ4n) is 1.95. The summed E-state index contributed by atoms with van der Waals surface area (Å²) in [5, 5.41) is 11.7. The second-order valence-corrected chi connectivity index (χ2v) is 4.59. The van der Waals surface area contributed by atoms with Crippen molar-refractivity contribution in [2.24, 2.45) is 0 Å². The molecular formula is C14H22N2O3. The summed E-state index contributed by atoms with van der Waals surface area (Å²) < 4.78 is 1.84. The number of nitrogens with one attached hydrogen (secondary N) is 1. The molecule has 0 aliphatic rings. The van der Waals surface area contributed by atoms with Crippen molar-refractivity contribution in [2.75, 3.05) is 0 Å². The number of carbonyl (C=O) groups excluding carboxylic acids is 1. The summed E-state index contributed by atoms with van der Waals surface area (Å²) in [4.78, 5) is 23.2. The largest absolute Gasteiger partial charge is 0.480 e. The third-order valence-corrected chi connectivity index (χ3v) is 2.98. The maximum Gasteiger partial charge on any atom is 0.326 e. The van der Waals surface area contributed by atoms with Crippen molar-refractivity contribution in [2.45, 2.75) is 52.1 Å². The second-order valence-electron chi connectivity index (χ2n) is 4.59. The van der Waals surface area contributed by atoms with Crippen molar-refractivity contribution >= 4 is 11.9 Å². The van der Waals surface area contributed by atoms with E-state index in [0.717, 1.165) is 25.8 Å². The molecule has 1 heterocycles. The first-order valence-electron chi connectivity index (χ1n) is 6.79. The van der Waals surface area contributed by atoms with E-state index in [-0.39, 0.29) is 5.91 Å². The highest BCUT2D eigenvalue weighted by Crippen LogP contribution is 2.06. The predicted molar refractivity (Wildman–Crippen MR) is 73.1 cm³/mol. The van der Waals surface area contributed by atoms with Crippen LogP contribution in [-0.4, -0.2) is 27.6 Å². The summed E-state index contributed by atoms with van der Waals surface area (Å²) in [5.74, 6) is -1.29. The van der Waals surface area contributed by atoms with Gasteiger partial charge in [-0.1, -0.05) is 26.7 Å². The average Bonchev–Trinajstić information content (AvgIpc) is 2.82. The molecule has 1 aromatic rings. The van der Waals surface area contributed by atoms with Gasteiger partial charge >= 0.3 is 5.97 Å². The van der Waals surface area contributed by atoms with Crippen LogP contribution < -0.4 is 5.32 Å². The van der Waals surface area contributed by atoms with E-state index in [1.807, 2.05) is 24.6 Å². The quantitative estimate of drug-likeness (QED) is 0.758. The maximum atomic E-state index is 12.1.